The van der Waals surface area contributed by atoms with Gasteiger partial charge < -0.3 is 9.80 Å². The molecule has 0 aromatic heterocycles. The molecule has 1 aromatic rings. The van der Waals surface area contributed by atoms with Gasteiger partial charge in [0, 0.05) is 32.6 Å². The van der Waals surface area contributed by atoms with Crippen molar-refractivity contribution >= 4 is 11.8 Å². The zero-order valence-electron chi connectivity index (χ0n) is 13.7. The molecule has 2 heterocycles. The number of amides is 2. The summed E-state index contributed by atoms with van der Waals surface area (Å²) in [5.41, 5.74) is 1.28. The summed E-state index contributed by atoms with van der Waals surface area (Å²) in [6.45, 7) is 3.18. The normalized spacial score (nSPS) is 21.0. The second-order valence-electron chi connectivity index (χ2n) is 6.70. The van der Waals surface area contributed by atoms with Gasteiger partial charge in [0.05, 0.1) is 5.92 Å². The molecule has 124 valence electrons. The first kappa shape index (κ1) is 16.0. The fourth-order valence-corrected chi connectivity index (χ4v) is 3.63. The highest BCUT2D eigenvalue weighted by Gasteiger charge is 2.33. The van der Waals surface area contributed by atoms with Crippen molar-refractivity contribution in [3.05, 3.63) is 35.9 Å². The number of carbonyl (C=O) groups excluding carboxylic acids is 2. The van der Waals surface area contributed by atoms with Crippen LogP contribution in [0.2, 0.25) is 0 Å². The second-order valence-corrected chi connectivity index (χ2v) is 6.70. The van der Waals surface area contributed by atoms with Crippen LogP contribution in [0, 0.1) is 5.92 Å². The second kappa shape index (κ2) is 7.62. The van der Waals surface area contributed by atoms with E-state index in [1.165, 1.54) is 5.56 Å². The summed E-state index contributed by atoms with van der Waals surface area (Å²) in [5.74, 6) is 0.505. The molecule has 0 N–H and O–H groups in total. The molecule has 1 aromatic carbocycles. The van der Waals surface area contributed by atoms with Gasteiger partial charge in [-0.3, -0.25) is 9.59 Å². The van der Waals surface area contributed by atoms with Crippen molar-refractivity contribution in [2.24, 2.45) is 5.92 Å². The Kier molecular flexibility index (Phi) is 5.31. The van der Waals surface area contributed by atoms with Crippen LogP contribution in [-0.4, -0.2) is 47.8 Å². The Morgan fingerprint density at radius 2 is 1.74 bits per heavy atom. The first-order valence-corrected chi connectivity index (χ1v) is 8.84. The van der Waals surface area contributed by atoms with Gasteiger partial charge in [-0.25, -0.2) is 0 Å². The SMILES string of the molecule is O=C(CCCc1ccccc1)N1CC[C@H](C(=O)N2CCCC2)C1. The lowest BCUT2D eigenvalue weighted by molar-refractivity contribution is -0.134. The van der Waals surface area contributed by atoms with E-state index in [2.05, 4.69) is 12.1 Å². The summed E-state index contributed by atoms with van der Waals surface area (Å²) < 4.78 is 0. The molecule has 4 nitrogen and oxygen atoms in total. The smallest absolute Gasteiger partial charge is 0.227 e. The molecular formula is C19H26N2O2. The Morgan fingerprint density at radius 1 is 1.00 bits per heavy atom. The number of benzene rings is 1. The Morgan fingerprint density at radius 3 is 2.48 bits per heavy atom. The highest BCUT2D eigenvalue weighted by atomic mass is 16.2. The summed E-state index contributed by atoms with van der Waals surface area (Å²) in [4.78, 5) is 28.6. The molecule has 2 fully saturated rings. The average Bonchev–Trinajstić information content (AvgIpc) is 3.27. The van der Waals surface area contributed by atoms with Crippen molar-refractivity contribution in [1.29, 1.82) is 0 Å². The van der Waals surface area contributed by atoms with Gasteiger partial charge in [0.15, 0.2) is 0 Å². The molecule has 1 atom stereocenters. The molecule has 0 aliphatic carbocycles. The number of hydrogen-bond donors (Lipinski definition) is 0. The van der Waals surface area contributed by atoms with E-state index in [9.17, 15) is 9.59 Å². The van der Waals surface area contributed by atoms with Crippen LogP contribution in [0.5, 0.6) is 0 Å². The molecule has 0 unspecified atom stereocenters. The Bertz CT molecular complexity index is 538. The van der Waals surface area contributed by atoms with Crippen molar-refractivity contribution in [3.8, 4) is 0 Å². The third kappa shape index (κ3) is 4.12. The van der Waals surface area contributed by atoms with Crippen LogP contribution in [0.1, 0.15) is 37.7 Å². The molecule has 3 rings (SSSR count). The highest BCUT2D eigenvalue weighted by molar-refractivity contribution is 5.82. The third-order valence-electron chi connectivity index (χ3n) is 5.01. The van der Waals surface area contributed by atoms with E-state index >= 15 is 0 Å². The molecule has 23 heavy (non-hydrogen) atoms. The van der Waals surface area contributed by atoms with Gasteiger partial charge in [-0.15, -0.1) is 0 Å². The van der Waals surface area contributed by atoms with Crippen molar-refractivity contribution in [2.75, 3.05) is 26.2 Å². The molecule has 0 bridgehead atoms. The molecule has 2 saturated heterocycles. The van der Waals surface area contributed by atoms with E-state index in [1.807, 2.05) is 28.0 Å². The maximum Gasteiger partial charge on any atom is 0.227 e. The topological polar surface area (TPSA) is 40.6 Å². The van der Waals surface area contributed by atoms with Gasteiger partial charge in [-0.05, 0) is 37.7 Å². The number of aryl methyl sites for hydroxylation is 1. The molecule has 0 radical (unpaired) electrons. The fraction of sp³-hybridized carbons (Fsp3) is 0.579. The summed E-state index contributed by atoms with van der Waals surface area (Å²) in [7, 11) is 0. The van der Waals surface area contributed by atoms with E-state index in [4.69, 9.17) is 0 Å². The first-order valence-electron chi connectivity index (χ1n) is 8.84. The molecule has 2 amide bonds. The predicted octanol–water partition coefficient (Wildman–Crippen LogP) is 2.48. The summed E-state index contributed by atoms with van der Waals surface area (Å²) in [6, 6.07) is 10.3. The van der Waals surface area contributed by atoms with Gasteiger partial charge in [-0.1, -0.05) is 30.3 Å². The first-order chi connectivity index (χ1) is 11.2. The number of hydrogen-bond acceptors (Lipinski definition) is 2. The van der Waals surface area contributed by atoms with E-state index < -0.39 is 0 Å². The minimum atomic E-state index is 0.0335. The van der Waals surface area contributed by atoms with E-state index in [-0.39, 0.29) is 17.7 Å². The van der Waals surface area contributed by atoms with Crippen LogP contribution in [-0.2, 0) is 16.0 Å². The number of carbonyl (C=O) groups is 2. The Hall–Kier alpha value is -1.84. The van der Waals surface area contributed by atoms with Crippen molar-refractivity contribution in [2.45, 2.75) is 38.5 Å². The minimum absolute atomic E-state index is 0.0335. The van der Waals surface area contributed by atoms with Crippen molar-refractivity contribution < 1.29 is 9.59 Å². The maximum absolute atomic E-state index is 12.4. The van der Waals surface area contributed by atoms with E-state index in [0.717, 1.165) is 51.7 Å². The van der Waals surface area contributed by atoms with Crippen molar-refractivity contribution in [3.63, 3.8) is 0 Å². The molecule has 2 aliphatic heterocycles. The lowest BCUT2D eigenvalue weighted by Gasteiger charge is -2.20. The average molecular weight is 314 g/mol. The highest BCUT2D eigenvalue weighted by Crippen LogP contribution is 2.22. The maximum atomic E-state index is 12.4. The number of rotatable bonds is 5. The van der Waals surface area contributed by atoms with Crippen LogP contribution in [0.25, 0.3) is 0 Å². The molecule has 2 aliphatic rings. The monoisotopic (exact) mass is 314 g/mol. The molecule has 0 saturated carbocycles. The predicted molar refractivity (Wildman–Crippen MR) is 89.9 cm³/mol. The van der Waals surface area contributed by atoms with E-state index in [1.54, 1.807) is 0 Å². The zero-order chi connectivity index (χ0) is 16.1. The Balaban J connectivity index is 1.41. The fourth-order valence-electron chi connectivity index (χ4n) is 3.63. The third-order valence-corrected chi connectivity index (χ3v) is 5.01. The van der Waals surface area contributed by atoms with Crippen molar-refractivity contribution in [1.82, 2.24) is 9.80 Å². The van der Waals surface area contributed by atoms with Crippen LogP contribution >= 0.6 is 0 Å². The van der Waals surface area contributed by atoms with Gasteiger partial charge in [0.2, 0.25) is 11.8 Å². The van der Waals surface area contributed by atoms with Crippen LogP contribution in [0.4, 0.5) is 0 Å². The van der Waals surface area contributed by atoms with Crippen LogP contribution in [0.15, 0.2) is 30.3 Å². The standard InChI is InChI=1S/C19H26N2O2/c22-18(10-6-9-16-7-2-1-3-8-16)21-14-11-17(15-21)19(23)20-12-4-5-13-20/h1-3,7-8,17H,4-6,9-15H2/t17-/m0/s1. The number of nitrogens with zero attached hydrogens (tertiary/aromatic N) is 2. The quantitative estimate of drug-likeness (QED) is 0.838. The van der Waals surface area contributed by atoms with E-state index in [0.29, 0.717) is 13.0 Å². The largest absolute Gasteiger partial charge is 0.342 e. The van der Waals surface area contributed by atoms with Crippen LogP contribution < -0.4 is 0 Å². The lowest BCUT2D eigenvalue weighted by atomic mass is 10.1. The molecular weight excluding hydrogens is 288 g/mol. The lowest BCUT2D eigenvalue weighted by Crippen LogP contribution is -2.36. The van der Waals surface area contributed by atoms with Gasteiger partial charge in [0.1, 0.15) is 0 Å². The zero-order valence-corrected chi connectivity index (χ0v) is 13.7. The summed E-state index contributed by atoms with van der Waals surface area (Å²) >= 11 is 0. The molecule has 0 spiro atoms. The number of likely N-dealkylation sites (tertiary alicyclic amines) is 2. The van der Waals surface area contributed by atoms with Gasteiger partial charge in [-0.2, -0.15) is 0 Å². The Labute approximate surface area is 138 Å². The van der Waals surface area contributed by atoms with Crippen LogP contribution in [0.3, 0.4) is 0 Å². The summed E-state index contributed by atoms with van der Waals surface area (Å²) in [6.07, 6.45) is 5.49. The minimum Gasteiger partial charge on any atom is -0.342 e. The van der Waals surface area contributed by atoms with Gasteiger partial charge in [0.25, 0.3) is 0 Å². The molecule has 4 heteroatoms. The summed E-state index contributed by atoms with van der Waals surface area (Å²) in [5, 5.41) is 0. The van der Waals surface area contributed by atoms with Gasteiger partial charge >= 0.3 is 0 Å².